The quantitative estimate of drug-likeness (QED) is 0.677. The maximum absolute atomic E-state index is 2.36. The summed E-state index contributed by atoms with van der Waals surface area (Å²) in [5.41, 5.74) is 0. The van der Waals surface area contributed by atoms with Gasteiger partial charge in [0.15, 0.2) is 0 Å². The Kier molecular flexibility index (Phi) is 3.96. The van der Waals surface area contributed by atoms with Gasteiger partial charge in [-0.05, 0) is 0 Å². The molecular formula is C10H16Se. The Labute approximate surface area is 75.4 Å². The van der Waals surface area contributed by atoms with Gasteiger partial charge >= 0.3 is 75.0 Å². The zero-order chi connectivity index (χ0) is 8.10. The number of hydrogen-bond acceptors (Lipinski definition) is 0. The van der Waals surface area contributed by atoms with Crippen molar-refractivity contribution in [3.63, 3.8) is 0 Å². The number of rotatable bonds is 4. The SMILES string of the molecule is CCCC(C)Cc1ccc[se]1. The molecule has 1 aromatic rings. The molecule has 11 heavy (non-hydrogen) atoms. The molecular weight excluding hydrogens is 199 g/mol. The van der Waals surface area contributed by atoms with E-state index in [1.165, 1.54) is 19.3 Å². The van der Waals surface area contributed by atoms with Crippen LogP contribution >= 0.6 is 0 Å². The van der Waals surface area contributed by atoms with Crippen LogP contribution in [0.5, 0.6) is 0 Å². The fourth-order valence-electron chi connectivity index (χ4n) is 1.37. The Balaban J connectivity index is 2.31. The third-order valence-corrected chi connectivity index (χ3v) is 3.80. The molecule has 0 amide bonds. The van der Waals surface area contributed by atoms with Gasteiger partial charge < -0.3 is 0 Å². The third-order valence-electron chi connectivity index (χ3n) is 1.91. The summed E-state index contributed by atoms with van der Waals surface area (Å²) in [4.78, 5) is 2.31. The van der Waals surface area contributed by atoms with Gasteiger partial charge in [0.25, 0.3) is 0 Å². The first-order valence-electron chi connectivity index (χ1n) is 4.35. The van der Waals surface area contributed by atoms with Crippen molar-refractivity contribution in [2.75, 3.05) is 0 Å². The van der Waals surface area contributed by atoms with Crippen molar-refractivity contribution in [2.45, 2.75) is 33.1 Å². The topological polar surface area (TPSA) is 0 Å². The van der Waals surface area contributed by atoms with Crippen LogP contribution < -0.4 is 0 Å². The molecule has 0 radical (unpaired) electrons. The van der Waals surface area contributed by atoms with E-state index in [-0.39, 0.29) is 0 Å². The summed E-state index contributed by atoms with van der Waals surface area (Å²) in [6, 6.07) is 4.50. The molecule has 0 aromatic carbocycles. The molecule has 62 valence electrons. The molecule has 0 spiro atoms. The van der Waals surface area contributed by atoms with Crippen LogP contribution in [0.4, 0.5) is 0 Å². The minimum absolute atomic E-state index is 0.696. The van der Waals surface area contributed by atoms with E-state index in [2.05, 4.69) is 30.9 Å². The van der Waals surface area contributed by atoms with Crippen molar-refractivity contribution >= 4 is 14.5 Å². The molecule has 1 aromatic heterocycles. The van der Waals surface area contributed by atoms with Crippen molar-refractivity contribution in [3.8, 4) is 0 Å². The van der Waals surface area contributed by atoms with Gasteiger partial charge in [0.2, 0.25) is 0 Å². The molecule has 0 nitrogen and oxygen atoms in total. The Morgan fingerprint density at radius 2 is 2.36 bits per heavy atom. The summed E-state index contributed by atoms with van der Waals surface area (Å²) in [7, 11) is 0. The fourth-order valence-corrected chi connectivity index (χ4v) is 3.19. The van der Waals surface area contributed by atoms with E-state index >= 15 is 0 Å². The summed E-state index contributed by atoms with van der Waals surface area (Å²) in [6.07, 6.45) is 4.04. The normalized spacial score (nSPS) is 13.3. The van der Waals surface area contributed by atoms with Crippen molar-refractivity contribution in [2.24, 2.45) is 5.92 Å². The molecule has 0 aliphatic rings. The molecule has 0 bridgehead atoms. The molecule has 0 saturated heterocycles. The summed E-state index contributed by atoms with van der Waals surface area (Å²) in [5.74, 6) is 0.896. The van der Waals surface area contributed by atoms with E-state index in [0.717, 1.165) is 5.92 Å². The average Bonchev–Trinajstić information content (AvgIpc) is 2.40. The van der Waals surface area contributed by atoms with Crippen LogP contribution in [0.3, 0.4) is 0 Å². The molecule has 1 atom stereocenters. The molecule has 1 rings (SSSR count). The molecule has 0 aliphatic carbocycles. The van der Waals surface area contributed by atoms with E-state index in [1.54, 1.807) is 4.44 Å². The van der Waals surface area contributed by atoms with Crippen LogP contribution in [0, 0.1) is 5.92 Å². The summed E-state index contributed by atoms with van der Waals surface area (Å²) < 4.78 is 1.68. The van der Waals surface area contributed by atoms with Crippen molar-refractivity contribution in [3.05, 3.63) is 21.5 Å². The van der Waals surface area contributed by atoms with Crippen LogP contribution in [0.25, 0.3) is 0 Å². The van der Waals surface area contributed by atoms with Crippen molar-refractivity contribution in [1.82, 2.24) is 0 Å². The predicted octanol–water partition coefficient (Wildman–Crippen LogP) is 2.72. The average molecular weight is 215 g/mol. The van der Waals surface area contributed by atoms with E-state index in [9.17, 15) is 0 Å². The van der Waals surface area contributed by atoms with Crippen molar-refractivity contribution < 1.29 is 0 Å². The molecule has 1 heteroatoms. The second-order valence-corrected chi connectivity index (χ2v) is 5.34. The predicted molar refractivity (Wildman–Crippen MR) is 51.2 cm³/mol. The standard InChI is InChI=1S/C10H16Se/c1-3-5-9(2)8-10-6-4-7-11-10/h4,6-7,9H,3,5,8H2,1-2H3. The van der Waals surface area contributed by atoms with Crippen LogP contribution in [0.2, 0.25) is 0 Å². The third kappa shape index (κ3) is 3.26. The van der Waals surface area contributed by atoms with E-state index in [4.69, 9.17) is 0 Å². The van der Waals surface area contributed by atoms with Gasteiger partial charge in [-0.3, -0.25) is 0 Å². The Morgan fingerprint density at radius 1 is 1.55 bits per heavy atom. The molecule has 0 N–H and O–H groups in total. The minimum atomic E-state index is 0.696. The monoisotopic (exact) mass is 216 g/mol. The maximum atomic E-state index is 2.36. The van der Waals surface area contributed by atoms with Crippen LogP contribution in [-0.2, 0) is 6.42 Å². The van der Waals surface area contributed by atoms with E-state index < -0.39 is 0 Å². The first kappa shape index (κ1) is 9.09. The molecule has 0 saturated carbocycles. The van der Waals surface area contributed by atoms with Gasteiger partial charge in [0.05, 0.1) is 0 Å². The van der Waals surface area contributed by atoms with Gasteiger partial charge in [-0.15, -0.1) is 0 Å². The van der Waals surface area contributed by atoms with Gasteiger partial charge in [0.1, 0.15) is 0 Å². The van der Waals surface area contributed by atoms with Crippen LogP contribution in [-0.4, -0.2) is 14.5 Å². The Hall–Kier alpha value is -0.000519. The zero-order valence-electron chi connectivity index (χ0n) is 7.34. The van der Waals surface area contributed by atoms with Gasteiger partial charge in [-0.25, -0.2) is 0 Å². The molecule has 0 aliphatic heterocycles. The summed E-state index contributed by atoms with van der Waals surface area (Å²) >= 11 is 0.696. The first-order valence-corrected chi connectivity index (χ1v) is 6.20. The van der Waals surface area contributed by atoms with E-state index in [1.807, 2.05) is 0 Å². The van der Waals surface area contributed by atoms with Gasteiger partial charge in [-0.1, -0.05) is 0 Å². The Bertz CT molecular complexity index is 177. The Morgan fingerprint density at radius 3 is 2.91 bits per heavy atom. The summed E-state index contributed by atoms with van der Waals surface area (Å²) in [5, 5.41) is 0. The van der Waals surface area contributed by atoms with Gasteiger partial charge in [0, 0.05) is 0 Å². The molecule has 1 unspecified atom stereocenters. The second-order valence-electron chi connectivity index (χ2n) is 3.18. The van der Waals surface area contributed by atoms with Crippen LogP contribution in [0.1, 0.15) is 31.1 Å². The van der Waals surface area contributed by atoms with E-state index in [0.29, 0.717) is 14.5 Å². The molecule has 1 heterocycles. The van der Waals surface area contributed by atoms with Crippen molar-refractivity contribution in [1.29, 1.82) is 0 Å². The first-order chi connectivity index (χ1) is 5.33. The fraction of sp³-hybridized carbons (Fsp3) is 0.600. The van der Waals surface area contributed by atoms with Gasteiger partial charge in [-0.2, -0.15) is 0 Å². The van der Waals surface area contributed by atoms with Crippen LogP contribution in [0.15, 0.2) is 17.1 Å². The zero-order valence-corrected chi connectivity index (χ0v) is 9.05. The number of hydrogen-bond donors (Lipinski definition) is 0. The summed E-state index contributed by atoms with van der Waals surface area (Å²) in [6.45, 7) is 4.63. The molecule has 0 fully saturated rings. The second kappa shape index (κ2) is 4.79.